The molecule has 7 heteroatoms. The maximum Gasteiger partial charge on any atom is 0.242 e. The molecule has 1 unspecified atom stereocenters. The van der Waals surface area contributed by atoms with E-state index in [4.69, 9.17) is 10.5 Å². The molecule has 0 aliphatic heterocycles. The van der Waals surface area contributed by atoms with Gasteiger partial charge in [-0.2, -0.15) is 4.98 Å². The molecule has 1 rings (SSSR count). The monoisotopic (exact) mass is 295 g/mol. The van der Waals surface area contributed by atoms with Crippen molar-refractivity contribution in [3.63, 3.8) is 0 Å². The fraction of sp³-hybridized carbons (Fsp3) is 0.643. The average molecular weight is 295 g/mol. The van der Waals surface area contributed by atoms with E-state index >= 15 is 0 Å². The Labute approximate surface area is 125 Å². The summed E-state index contributed by atoms with van der Waals surface area (Å²) in [5.74, 6) is 0.840. The van der Waals surface area contributed by atoms with Gasteiger partial charge in [-0.15, -0.1) is 0 Å². The third kappa shape index (κ3) is 5.85. The lowest BCUT2D eigenvalue weighted by Crippen LogP contribution is -2.33. The van der Waals surface area contributed by atoms with Crippen LogP contribution in [-0.2, 0) is 4.79 Å². The van der Waals surface area contributed by atoms with Crippen LogP contribution in [-0.4, -0.2) is 34.6 Å². The molecule has 0 saturated carbocycles. The van der Waals surface area contributed by atoms with Gasteiger partial charge in [0.25, 0.3) is 0 Å². The molecule has 1 aromatic rings. The van der Waals surface area contributed by atoms with Gasteiger partial charge in [-0.3, -0.25) is 4.79 Å². The van der Waals surface area contributed by atoms with Crippen LogP contribution in [0.2, 0.25) is 0 Å². The van der Waals surface area contributed by atoms with E-state index in [0.29, 0.717) is 30.4 Å². The van der Waals surface area contributed by atoms with Crippen LogP contribution in [0.1, 0.15) is 40.5 Å². The van der Waals surface area contributed by atoms with Crippen LogP contribution in [0, 0.1) is 0 Å². The third-order valence-electron chi connectivity index (χ3n) is 2.86. The molecule has 1 amide bonds. The number of hydrogen-bond donors (Lipinski definition) is 3. The van der Waals surface area contributed by atoms with Gasteiger partial charge in [0, 0.05) is 19.0 Å². The highest BCUT2D eigenvalue weighted by Crippen LogP contribution is 2.25. The number of aromatic nitrogens is 2. The largest absolute Gasteiger partial charge is 0.473 e. The molecule has 0 radical (unpaired) electrons. The molecule has 7 nitrogen and oxygen atoms in total. The van der Waals surface area contributed by atoms with Crippen molar-refractivity contribution < 1.29 is 9.53 Å². The minimum Gasteiger partial charge on any atom is -0.473 e. The molecular weight excluding hydrogens is 270 g/mol. The highest BCUT2D eigenvalue weighted by molar-refractivity contribution is 5.77. The molecule has 1 aromatic heterocycles. The number of ether oxygens (including phenoxy) is 1. The molecule has 21 heavy (non-hydrogen) atoms. The fourth-order valence-electron chi connectivity index (χ4n) is 1.58. The van der Waals surface area contributed by atoms with E-state index in [9.17, 15) is 4.79 Å². The molecule has 0 aliphatic carbocycles. The Morgan fingerprint density at radius 2 is 2.10 bits per heavy atom. The number of anilines is 2. The first-order valence-electron chi connectivity index (χ1n) is 7.24. The summed E-state index contributed by atoms with van der Waals surface area (Å²) in [6.07, 6.45) is 2.63. The quantitative estimate of drug-likeness (QED) is 0.672. The van der Waals surface area contributed by atoms with Crippen LogP contribution in [0.5, 0.6) is 5.88 Å². The van der Waals surface area contributed by atoms with Crippen molar-refractivity contribution in [3.8, 4) is 5.88 Å². The molecule has 0 fully saturated rings. The maximum atomic E-state index is 11.7. The van der Waals surface area contributed by atoms with E-state index in [1.54, 1.807) is 0 Å². The van der Waals surface area contributed by atoms with Crippen LogP contribution >= 0.6 is 0 Å². The highest BCUT2D eigenvalue weighted by atomic mass is 16.5. The maximum absolute atomic E-state index is 11.7. The van der Waals surface area contributed by atoms with E-state index in [1.165, 1.54) is 6.33 Å². The lowest BCUT2D eigenvalue weighted by molar-refractivity contribution is -0.121. The topological polar surface area (TPSA) is 102 Å². The van der Waals surface area contributed by atoms with Gasteiger partial charge in [-0.05, 0) is 27.2 Å². The highest BCUT2D eigenvalue weighted by Gasteiger charge is 2.11. The summed E-state index contributed by atoms with van der Waals surface area (Å²) < 4.78 is 5.48. The number of carbonyl (C=O) groups excluding carboxylic acids is 1. The second kappa shape index (κ2) is 8.28. The number of nitrogens with one attached hydrogen (secondary N) is 2. The number of amides is 1. The summed E-state index contributed by atoms with van der Waals surface area (Å²) in [5.41, 5.74) is 6.29. The van der Waals surface area contributed by atoms with Gasteiger partial charge in [-0.1, -0.05) is 6.92 Å². The van der Waals surface area contributed by atoms with Crippen molar-refractivity contribution in [2.75, 3.05) is 17.6 Å². The zero-order chi connectivity index (χ0) is 15.8. The van der Waals surface area contributed by atoms with Crippen molar-refractivity contribution in [1.82, 2.24) is 15.3 Å². The van der Waals surface area contributed by atoms with E-state index in [1.807, 2.05) is 27.7 Å². The van der Waals surface area contributed by atoms with Crippen molar-refractivity contribution in [2.24, 2.45) is 0 Å². The van der Waals surface area contributed by atoms with Gasteiger partial charge in [0.2, 0.25) is 11.8 Å². The minimum absolute atomic E-state index is 0.00290. The first kappa shape index (κ1) is 17.0. The molecule has 0 bridgehead atoms. The van der Waals surface area contributed by atoms with Crippen molar-refractivity contribution >= 4 is 17.4 Å². The normalized spacial score (nSPS) is 12.0. The fourth-order valence-corrected chi connectivity index (χ4v) is 1.58. The van der Waals surface area contributed by atoms with Crippen molar-refractivity contribution in [1.29, 1.82) is 0 Å². The first-order valence-corrected chi connectivity index (χ1v) is 7.24. The predicted octanol–water partition coefficient (Wildman–Crippen LogP) is 1.56. The number of hydrogen-bond acceptors (Lipinski definition) is 6. The van der Waals surface area contributed by atoms with E-state index in [2.05, 4.69) is 20.6 Å². The van der Waals surface area contributed by atoms with Gasteiger partial charge >= 0.3 is 0 Å². The van der Waals surface area contributed by atoms with Crippen LogP contribution in [0.3, 0.4) is 0 Å². The molecule has 4 N–H and O–H groups in total. The Hall–Kier alpha value is -2.05. The second-order valence-corrected chi connectivity index (χ2v) is 5.16. The lowest BCUT2D eigenvalue weighted by atomic mass is 10.2. The summed E-state index contributed by atoms with van der Waals surface area (Å²) in [7, 11) is 0. The SMILES string of the molecule is CCC(C)NC(=O)CCNc1ncnc(OC(C)C)c1N. The second-order valence-electron chi connectivity index (χ2n) is 5.16. The molecule has 1 atom stereocenters. The average Bonchev–Trinajstić information content (AvgIpc) is 2.42. The molecule has 0 saturated heterocycles. The summed E-state index contributed by atoms with van der Waals surface area (Å²) >= 11 is 0. The Balaban J connectivity index is 2.50. The van der Waals surface area contributed by atoms with Crippen molar-refractivity contribution in [2.45, 2.75) is 52.7 Å². The number of nitrogens with two attached hydrogens (primary N) is 1. The lowest BCUT2D eigenvalue weighted by Gasteiger charge is -2.14. The van der Waals surface area contributed by atoms with Crippen LogP contribution in [0.15, 0.2) is 6.33 Å². The number of carbonyl (C=O) groups is 1. The predicted molar refractivity (Wildman–Crippen MR) is 83.2 cm³/mol. The van der Waals surface area contributed by atoms with E-state index < -0.39 is 0 Å². The molecule has 1 heterocycles. The summed E-state index contributed by atoms with van der Waals surface area (Å²) in [4.78, 5) is 19.7. The Morgan fingerprint density at radius 1 is 1.38 bits per heavy atom. The third-order valence-corrected chi connectivity index (χ3v) is 2.86. The Morgan fingerprint density at radius 3 is 2.71 bits per heavy atom. The van der Waals surface area contributed by atoms with Crippen LogP contribution in [0.4, 0.5) is 11.5 Å². The van der Waals surface area contributed by atoms with Crippen LogP contribution < -0.4 is 21.1 Å². The van der Waals surface area contributed by atoms with E-state index in [-0.39, 0.29) is 18.1 Å². The van der Waals surface area contributed by atoms with Gasteiger partial charge in [0.1, 0.15) is 12.0 Å². The number of nitrogen functional groups attached to an aromatic ring is 1. The summed E-state index contributed by atoms with van der Waals surface area (Å²) in [6.45, 7) is 8.25. The number of nitrogens with zero attached hydrogens (tertiary/aromatic N) is 2. The number of rotatable bonds is 8. The zero-order valence-corrected chi connectivity index (χ0v) is 13.1. The Kier molecular flexibility index (Phi) is 6.71. The summed E-state index contributed by atoms with van der Waals surface area (Å²) in [6, 6.07) is 0.188. The first-order chi connectivity index (χ1) is 9.93. The van der Waals surface area contributed by atoms with Gasteiger partial charge < -0.3 is 21.1 Å². The van der Waals surface area contributed by atoms with Gasteiger partial charge in [0.05, 0.1) is 6.10 Å². The minimum atomic E-state index is -0.0173. The Bertz CT molecular complexity index is 465. The zero-order valence-electron chi connectivity index (χ0n) is 13.1. The molecule has 0 aliphatic rings. The molecule has 118 valence electrons. The van der Waals surface area contributed by atoms with Gasteiger partial charge in [-0.25, -0.2) is 4.98 Å². The summed E-state index contributed by atoms with van der Waals surface area (Å²) in [5, 5.41) is 5.93. The van der Waals surface area contributed by atoms with E-state index in [0.717, 1.165) is 6.42 Å². The molecular formula is C14H25N5O2. The smallest absolute Gasteiger partial charge is 0.242 e. The van der Waals surface area contributed by atoms with Crippen LogP contribution in [0.25, 0.3) is 0 Å². The standard InChI is InChI=1S/C14H25N5O2/c1-5-10(4)19-11(20)6-7-16-13-12(15)14(18-8-17-13)21-9(2)3/h8-10H,5-7,15H2,1-4H3,(H,19,20)(H,16,17,18). The molecule has 0 aromatic carbocycles. The van der Waals surface area contributed by atoms with Crippen molar-refractivity contribution in [3.05, 3.63) is 6.33 Å². The van der Waals surface area contributed by atoms with Gasteiger partial charge in [0.15, 0.2) is 5.82 Å². The molecule has 0 spiro atoms.